The Balaban J connectivity index is 2.13. The monoisotopic (exact) mass is 156 g/mol. The van der Waals surface area contributed by atoms with Crippen LogP contribution >= 0.6 is 0 Å². The molecule has 1 fully saturated rings. The summed E-state index contributed by atoms with van der Waals surface area (Å²) in [4.78, 5) is 10.6. The van der Waals surface area contributed by atoms with E-state index in [4.69, 9.17) is 9.47 Å². The van der Waals surface area contributed by atoms with Crippen LogP contribution in [-0.2, 0) is 14.3 Å². The van der Waals surface area contributed by atoms with Crippen LogP contribution in [0.3, 0.4) is 0 Å². The van der Waals surface area contributed by atoms with E-state index in [1.807, 2.05) is 6.92 Å². The highest BCUT2D eigenvalue weighted by Gasteiger charge is 2.25. The van der Waals surface area contributed by atoms with Gasteiger partial charge in [0.2, 0.25) is 0 Å². The summed E-state index contributed by atoms with van der Waals surface area (Å²) in [6.45, 7) is 5.95. The average molecular weight is 156 g/mol. The maximum Gasteiger partial charge on any atom is 0.330 e. The Kier molecular flexibility index (Phi) is 2.65. The van der Waals surface area contributed by atoms with Crippen LogP contribution in [0.2, 0.25) is 0 Å². The van der Waals surface area contributed by atoms with Crippen molar-refractivity contribution in [3.8, 4) is 0 Å². The van der Waals surface area contributed by atoms with Crippen molar-refractivity contribution in [3.63, 3.8) is 0 Å². The maximum absolute atomic E-state index is 10.6. The standard InChI is InChI=1S/C8H12O3/c1-3-8(9)11-6(2)4-7-5-10-7/h3,6-7H,1,4-5H2,2H3. The zero-order valence-corrected chi connectivity index (χ0v) is 6.58. The molecule has 62 valence electrons. The molecule has 0 aromatic heterocycles. The number of esters is 1. The molecule has 1 rings (SSSR count). The second-order valence-electron chi connectivity index (χ2n) is 2.64. The molecule has 0 radical (unpaired) electrons. The highest BCUT2D eigenvalue weighted by atomic mass is 16.6. The number of hydrogen-bond donors (Lipinski definition) is 0. The van der Waals surface area contributed by atoms with Gasteiger partial charge in [-0.1, -0.05) is 6.58 Å². The van der Waals surface area contributed by atoms with Gasteiger partial charge < -0.3 is 9.47 Å². The Morgan fingerprint density at radius 2 is 2.64 bits per heavy atom. The van der Waals surface area contributed by atoms with Gasteiger partial charge in [0.05, 0.1) is 12.7 Å². The number of ether oxygens (including phenoxy) is 2. The van der Waals surface area contributed by atoms with Gasteiger partial charge in [-0.05, 0) is 6.92 Å². The van der Waals surface area contributed by atoms with Crippen LogP contribution in [0.25, 0.3) is 0 Å². The van der Waals surface area contributed by atoms with E-state index in [1.54, 1.807) is 0 Å². The van der Waals surface area contributed by atoms with E-state index in [1.165, 1.54) is 6.08 Å². The van der Waals surface area contributed by atoms with Crippen LogP contribution < -0.4 is 0 Å². The number of rotatable bonds is 4. The van der Waals surface area contributed by atoms with Gasteiger partial charge in [-0.2, -0.15) is 0 Å². The molecule has 1 saturated heterocycles. The van der Waals surface area contributed by atoms with E-state index in [0.29, 0.717) is 6.10 Å². The van der Waals surface area contributed by atoms with Crippen molar-refractivity contribution in [1.29, 1.82) is 0 Å². The smallest absolute Gasteiger partial charge is 0.330 e. The Labute approximate surface area is 66.0 Å². The highest BCUT2D eigenvalue weighted by Crippen LogP contribution is 2.16. The van der Waals surface area contributed by atoms with Crippen molar-refractivity contribution < 1.29 is 14.3 Å². The third-order valence-corrected chi connectivity index (χ3v) is 1.48. The van der Waals surface area contributed by atoms with Crippen LogP contribution in [0.15, 0.2) is 12.7 Å². The zero-order chi connectivity index (χ0) is 8.27. The van der Waals surface area contributed by atoms with Gasteiger partial charge in [-0.25, -0.2) is 4.79 Å². The summed E-state index contributed by atoms with van der Waals surface area (Å²) in [6, 6.07) is 0. The van der Waals surface area contributed by atoms with Crippen molar-refractivity contribution in [2.45, 2.75) is 25.6 Å². The van der Waals surface area contributed by atoms with Crippen molar-refractivity contribution >= 4 is 5.97 Å². The summed E-state index contributed by atoms with van der Waals surface area (Å²) < 4.78 is 9.89. The molecule has 0 aromatic rings. The quantitative estimate of drug-likeness (QED) is 0.345. The predicted molar refractivity (Wildman–Crippen MR) is 40.1 cm³/mol. The number of hydrogen-bond acceptors (Lipinski definition) is 3. The molecule has 1 aliphatic rings. The van der Waals surface area contributed by atoms with Gasteiger partial charge in [0.15, 0.2) is 0 Å². The number of carbonyl (C=O) groups is 1. The summed E-state index contributed by atoms with van der Waals surface area (Å²) in [6.07, 6.45) is 2.21. The number of epoxide rings is 1. The normalized spacial score (nSPS) is 23.9. The lowest BCUT2D eigenvalue weighted by molar-refractivity contribution is -0.142. The Hall–Kier alpha value is -0.830. The fourth-order valence-electron chi connectivity index (χ4n) is 0.869. The minimum atomic E-state index is -0.363. The lowest BCUT2D eigenvalue weighted by Crippen LogP contribution is -2.14. The fourth-order valence-corrected chi connectivity index (χ4v) is 0.869. The molecule has 2 unspecified atom stereocenters. The van der Waals surface area contributed by atoms with Crippen molar-refractivity contribution in [3.05, 3.63) is 12.7 Å². The molecule has 3 heteroatoms. The average Bonchev–Trinajstić information content (AvgIpc) is 2.71. The van der Waals surface area contributed by atoms with E-state index in [9.17, 15) is 4.79 Å². The van der Waals surface area contributed by atoms with Crippen LogP contribution in [-0.4, -0.2) is 24.8 Å². The molecule has 0 saturated carbocycles. The van der Waals surface area contributed by atoms with Crippen molar-refractivity contribution in [2.75, 3.05) is 6.61 Å². The van der Waals surface area contributed by atoms with Crippen LogP contribution in [0.4, 0.5) is 0 Å². The molecule has 0 aromatic carbocycles. The summed E-state index contributed by atoms with van der Waals surface area (Å²) in [5, 5.41) is 0. The molecular weight excluding hydrogens is 144 g/mol. The first-order valence-electron chi connectivity index (χ1n) is 3.67. The van der Waals surface area contributed by atoms with E-state index in [-0.39, 0.29) is 12.1 Å². The number of carbonyl (C=O) groups excluding carboxylic acids is 1. The van der Waals surface area contributed by atoms with Gasteiger partial charge in [-0.3, -0.25) is 0 Å². The molecule has 0 N–H and O–H groups in total. The van der Waals surface area contributed by atoms with Gasteiger partial charge in [0, 0.05) is 12.5 Å². The molecule has 3 nitrogen and oxygen atoms in total. The molecule has 0 amide bonds. The molecule has 1 heterocycles. The third-order valence-electron chi connectivity index (χ3n) is 1.48. The third kappa shape index (κ3) is 3.18. The van der Waals surface area contributed by atoms with E-state index in [2.05, 4.69) is 6.58 Å². The van der Waals surface area contributed by atoms with Crippen LogP contribution in [0.1, 0.15) is 13.3 Å². The summed E-state index contributed by atoms with van der Waals surface area (Å²) in [5.41, 5.74) is 0. The lowest BCUT2D eigenvalue weighted by atomic mass is 10.2. The van der Waals surface area contributed by atoms with Crippen molar-refractivity contribution in [1.82, 2.24) is 0 Å². The zero-order valence-electron chi connectivity index (χ0n) is 6.58. The largest absolute Gasteiger partial charge is 0.459 e. The Morgan fingerprint density at radius 3 is 3.09 bits per heavy atom. The first-order valence-corrected chi connectivity index (χ1v) is 3.67. The fraction of sp³-hybridized carbons (Fsp3) is 0.625. The minimum Gasteiger partial charge on any atom is -0.459 e. The summed E-state index contributed by atoms with van der Waals surface area (Å²) in [7, 11) is 0. The van der Waals surface area contributed by atoms with Gasteiger partial charge >= 0.3 is 5.97 Å². The second-order valence-corrected chi connectivity index (χ2v) is 2.64. The molecule has 0 bridgehead atoms. The molecule has 0 aliphatic carbocycles. The Morgan fingerprint density at radius 1 is 2.00 bits per heavy atom. The van der Waals surface area contributed by atoms with E-state index in [0.717, 1.165) is 13.0 Å². The summed E-state index contributed by atoms with van der Waals surface area (Å²) in [5.74, 6) is -0.363. The minimum absolute atomic E-state index is 0.0620. The van der Waals surface area contributed by atoms with Gasteiger partial charge in [0.1, 0.15) is 6.10 Å². The van der Waals surface area contributed by atoms with Crippen molar-refractivity contribution in [2.24, 2.45) is 0 Å². The first kappa shape index (κ1) is 8.27. The summed E-state index contributed by atoms with van der Waals surface area (Å²) >= 11 is 0. The van der Waals surface area contributed by atoms with Crippen LogP contribution in [0, 0.1) is 0 Å². The molecule has 1 aliphatic heterocycles. The van der Waals surface area contributed by atoms with Gasteiger partial charge in [0.25, 0.3) is 0 Å². The molecule has 0 spiro atoms. The van der Waals surface area contributed by atoms with E-state index < -0.39 is 0 Å². The second kappa shape index (κ2) is 3.53. The lowest BCUT2D eigenvalue weighted by Gasteiger charge is -2.08. The predicted octanol–water partition coefficient (Wildman–Crippen LogP) is 0.893. The molecular formula is C8H12O3. The first-order chi connectivity index (χ1) is 5.22. The highest BCUT2D eigenvalue weighted by molar-refractivity contribution is 5.81. The Bertz CT molecular complexity index is 161. The maximum atomic E-state index is 10.6. The SMILES string of the molecule is C=CC(=O)OC(C)CC1CO1. The van der Waals surface area contributed by atoms with Gasteiger partial charge in [-0.15, -0.1) is 0 Å². The topological polar surface area (TPSA) is 38.8 Å². The molecule has 2 atom stereocenters. The molecule has 11 heavy (non-hydrogen) atoms. The van der Waals surface area contributed by atoms with E-state index >= 15 is 0 Å². The van der Waals surface area contributed by atoms with Crippen LogP contribution in [0.5, 0.6) is 0 Å².